The van der Waals surface area contributed by atoms with Gasteiger partial charge in [0.25, 0.3) is 5.91 Å². The Morgan fingerprint density at radius 1 is 1.32 bits per heavy atom. The molecule has 0 fully saturated rings. The summed E-state index contributed by atoms with van der Waals surface area (Å²) < 4.78 is 6.23. The van der Waals surface area contributed by atoms with Crippen LogP contribution < -0.4 is 15.8 Å². The number of carbonyl (C=O) groups is 1. The summed E-state index contributed by atoms with van der Waals surface area (Å²) in [5, 5.41) is 2.71. The molecule has 0 aliphatic rings. The Morgan fingerprint density at radius 3 is 2.74 bits per heavy atom. The topological polar surface area (TPSA) is 77.2 Å². The molecule has 98 valence electrons. The molecule has 1 heterocycles. The van der Waals surface area contributed by atoms with Gasteiger partial charge in [-0.2, -0.15) is 0 Å². The molecule has 3 N–H and O–H groups in total. The van der Waals surface area contributed by atoms with Gasteiger partial charge < -0.3 is 15.8 Å². The van der Waals surface area contributed by atoms with Crippen LogP contribution in [0.4, 0.5) is 11.5 Å². The molecule has 0 radical (unpaired) electrons. The van der Waals surface area contributed by atoms with Gasteiger partial charge in [-0.05, 0) is 36.4 Å². The Morgan fingerprint density at radius 2 is 2.05 bits per heavy atom. The van der Waals surface area contributed by atoms with Crippen LogP contribution in [-0.2, 0) is 4.79 Å². The summed E-state index contributed by atoms with van der Waals surface area (Å²) in [6.45, 7) is -0.119. The van der Waals surface area contributed by atoms with Crippen LogP contribution in [0, 0.1) is 0 Å². The minimum atomic E-state index is -0.259. The summed E-state index contributed by atoms with van der Waals surface area (Å²) in [7, 11) is 0. The number of pyridine rings is 1. The number of hydrogen-bond donors (Lipinski definition) is 2. The quantitative estimate of drug-likeness (QED) is 0.906. The van der Waals surface area contributed by atoms with Gasteiger partial charge >= 0.3 is 0 Å². The number of amides is 1. The van der Waals surface area contributed by atoms with Crippen molar-refractivity contribution < 1.29 is 9.53 Å². The standard InChI is InChI=1S/C13H12BrN3O2/c14-9-3-5-10(6-4-9)17-12(18)8-19-11-2-1-7-16-13(11)15/h1-7H,8H2,(H2,15,16)(H,17,18). The lowest BCUT2D eigenvalue weighted by Crippen LogP contribution is -2.20. The molecule has 1 amide bonds. The lowest BCUT2D eigenvalue weighted by molar-refractivity contribution is -0.118. The van der Waals surface area contributed by atoms with Crippen molar-refractivity contribution in [2.75, 3.05) is 17.7 Å². The van der Waals surface area contributed by atoms with E-state index in [1.807, 2.05) is 12.1 Å². The zero-order valence-corrected chi connectivity index (χ0v) is 11.6. The number of anilines is 2. The highest BCUT2D eigenvalue weighted by molar-refractivity contribution is 9.10. The lowest BCUT2D eigenvalue weighted by Gasteiger charge is -2.08. The second-order valence-electron chi connectivity index (χ2n) is 3.73. The van der Waals surface area contributed by atoms with Gasteiger partial charge in [-0.1, -0.05) is 15.9 Å². The third-order valence-corrected chi connectivity index (χ3v) is 2.82. The molecule has 0 saturated heterocycles. The molecule has 0 aliphatic carbocycles. The molecule has 5 nitrogen and oxygen atoms in total. The van der Waals surface area contributed by atoms with Crippen molar-refractivity contribution in [2.24, 2.45) is 0 Å². The van der Waals surface area contributed by atoms with E-state index < -0.39 is 0 Å². The molecule has 0 aliphatic heterocycles. The third-order valence-electron chi connectivity index (χ3n) is 2.29. The Bertz CT molecular complexity index is 572. The van der Waals surface area contributed by atoms with Crippen LogP contribution in [0.5, 0.6) is 5.75 Å². The van der Waals surface area contributed by atoms with E-state index in [0.717, 1.165) is 4.47 Å². The van der Waals surface area contributed by atoms with Crippen LogP contribution in [0.15, 0.2) is 47.1 Å². The van der Waals surface area contributed by atoms with Gasteiger partial charge in [-0.25, -0.2) is 4.98 Å². The Labute approximate surface area is 118 Å². The predicted octanol–water partition coefficient (Wildman–Crippen LogP) is 2.44. The van der Waals surface area contributed by atoms with E-state index in [4.69, 9.17) is 10.5 Å². The molecule has 0 spiro atoms. The smallest absolute Gasteiger partial charge is 0.262 e. The molecule has 0 saturated carbocycles. The van der Waals surface area contributed by atoms with Crippen molar-refractivity contribution in [2.45, 2.75) is 0 Å². The fourth-order valence-electron chi connectivity index (χ4n) is 1.40. The van der Waals surface area contributed by atoms with E-state index >= 15 is 0 Å². The summed E-state index contributed by atoms with van der Waals surface area (Å²) in [4.78, 5) is 15.5. The molecule has 1 aromatic carbocycles. The maximum Gasteiger partial charge on any atom is 0.262 e. The molecular formula is C13H12BrN3O2. The summed E-state index contributed by atoms with van der Waals surface area (Å²) in [6, 6.07) is 10.6. The third kappa shape index (κ3) is 3.96. The number of carbonyl (C=O) groups excluding carboxylic acids is 1. The van der Waals surface area contributed by atoms with Crippen molar-refractivity contribution in [1.82, 2.24) is 4.98 Å². The second-order valence-corrected chi connectivity index (χ2v) is 4.65. The number of nitrogens with zero attached hydrogens (tertiary/aromatic N) is 1. The first-order chi connectivity index (χ1) is 9.15. The second kappa shape index (κ2) is 6.19. The normalized spacial score (nSPS) is 9.95. The van der Waals surface area contributed by atoms with Gasteiger partial charge in [0, 0.05) is 16.4 Å². The van der Waals surface area contributed by atoms with Gasteiger partial charge in [0.05, 0.1) is 0 Å². The van der Waals surface area contributed by atoms with E-state index in [2.05, 4.69) is 26.2 Å². The molecule has 2 rings (SSSR count). The van der Waals surface area contributed by atoms with Crippen LogP contribution in [0.1, 0.15) is 0 Å². The first-order valence-electron chi connectivity index (χ1n) is 5.54. The largest absolute Gasteiger partial charge is 0.480 e. The zero-order chi connectivity index (χ0) is 13.7. The number of nitrogens with two attached hydrogens (primary N) is 1. The van der Waals surface area contributed by atoms with Crippen molar-refractivity contribution >= 4 is 33.3 Å². The SMILES string of the molecule is Nc1ncccc1OCC(=O)Nc1ccc(Br)cc1. The van der Waals surface area contributed by atoms with Crippen molar-refractivity contribution in [3.63, 3.8) is 0 Å². The molecule has 0 unspecified atom stereocenters. The van der Waals surface area contributed by atoms with Gasteiger partial charge in [0.2, 0.25) is 0 Å². The van der Waals surface area contributed by atoms with Crippen LogP contribution in [0.25, 0.3) is 0 Å². The predicted molar refractivity (Wildman–Crippen MR) is 76.9 cm³/mol. The molecule has 19 heavy (non-hydrogen) atoms. The Hall–Kier alpha value is -2.08. The van der Waals surface area contributed by atoms with Crippen molar-refractivity contribution in [3.8, 4) is 5.75 Å². The number of benzene rings is 1. The first-order valence-corrected chi connectivity index (χ1v) is 6.33. The highest BCUT2D eigenvalue weighted by atomic mass is 79.9. The monoisotopic (exact) mass is 321 g/mol. The highest BCUT2D eigenvalue weighted by Crippen LogP contribution is 2.17. The van der Waals surface area contributed by atoms with E-state index in [1.165, 1.54) is 0 Å². The fourth-order valence-corrected chi connectivity index (χ4v) is 1.66. The molecular weight excluding hydrogens is 310 g/mol. The van der Waals surface area contributed by atoms with Crippen LogP contribution in [0.3, 0.4) is 0 Å². The van der Waals surface area contributed by atoms with Crippen molar-refractivity contribution in [1.29, 1.82) is 0 Å². The Balaban J connectivity index is 1.88. The van der Waals surface area contributed by atoms with Crippen LogP contribution >= 0.6 is 15.9 Å². The number of rotatable bonds is 4. The molecule has 0 atom stereocenters. The minimum Gasteiger partial charge on any atom is -0.480 e. The summed E-state index contributed by atoms with van der Waals surface area (Å²) in [6.07, 6.45) is 1.56. The van der Waals surface area contributed by atoms with Gasteiger partial charge in [-0.15, -0.1) is 0 Å². The molecule has 6 heteroatoms. The summed E-state index contributed by atoms with van der Waals surface area (Å²) in [5.41, 5.74) is 6.31. The molecule has 1 aromatic heterocycles. The van der Waals surface area contributed by atoms with Crippen LogP contribution in [0.2, 0.25) is 0 Å². The Kier molecular flexibility index (Phi) is 4.35. The zero-order valence-electron chi connectivity index (χ0n) is 9.97. The molecule has 0 bridgehead atoms. The van der Waals surface area contributed by atoms with E-state index in [9.17, 15) is 4.79 Å². The summed E-state index contributed by atoms with van der Waals surface area (Å²) >= 11 is 3.32. The first kappa shape index (κ1) is 13.4. The lowest BCUT2D eigenvalue weighted by atomic mass is 10.3. The number of nitrogen functional groups attached to an aromatic ring is 1. The number of nitrogens with one attached hydrogen (secondary N) is 1. The number of hydrogen-bond acceptors (Lipinski definition) is 4. The fraction of sp³-hybridized carbons (Fsp3) is 0.0769. The summed E-state index contributed by atoms with van der Waals surface area (Å²) in [5.74, 6) is 0.401. The maximum absolute atomic E-state index is 11.7. The van der Waals surface area contributed by atoms with Crippen molar-refractivity contribution in [3.05, 3.63) is 47.1 Å². The van der Waals surface area contributed by atoms with Gasteiger partial charge in [-0.3, -0.25) is 4.79 Å². The van der Waals surface area contributed by atoms with Crippen LogP contribution in [-0.4, -0.2) is 17.5 Å². The highest BCUT2D eigenvalue weighted by Gasteiger charge is 2.05. The minimum absolute atomic E-state index is 0.119. The maximum atomic E-state index is 11.7. The average Bonchev–Trinajstić information content (AvgIpc) is 2.40. The van der Waals surface area contributed by atoms with E-state index in [-0.39, 0.29) is 18.3 Å². The number of ether oxygens (including phenoxy) is 1. The number of halogens is 1. The van der Waals surface area contributed by atoms with Gasteiger partial charge in [0.1, 0.15) is 0 Å². The number of aromatic nitrogens is 1. The van der Waals surface area contributed by atoms with Gasteiger partial charge in [0.15, 0.2) is 18.2 Å². The van der Waals surface area contributed by atoms with E-state index in [0.29, 0.717) is 11.4 Å². The van der Waals surface area contributed by atoms with E-state index in [1.54, 1.807) is 30.5 Å². The molecule has 2 aromatic rings. The average molecular weight is 322 g/mol.